The van der Waals surface area contributed by atoms with E-state index in [0.29, 0.717) is 34.7 Å². The number of oxime groups is 1. The zero-order valence-corrected chi connectivity index (χ0v) is 20.6. The van der Waals surface area contributed by atoms with Crippen LogP contribution in [0.5, 0.6) is 5.75 Å². The molecule has 1 fully saturated rings. The number of aromatic hydroxyl groups is 1. The molecule has 0 atom stereocenters. The number of allylic oxidation sites excluding steroid dienone is 3. The highest BCUT2D eigenvalue weighted by atomic mass is 35.5. The fourth-order valence-corrected chi connectivity index (χ4v) is 4.27. The number of hydrogen-bond donors (Lipinski definition) is 1. The third kappa shape index (κ3) is 7.10. The van der Waals surface area contributed by atoms with Gasteiger partial charge in [-0.25, -0.2) is 4.79 Å². The lowest BCUT2D eigenvalue weighted by Gasteiger charge is -2.29. The molecule has 2 aliphatic heterocycles. The van der Waals surface area contributed by atoms with E-state index in [0.717, 1.165) is 38.8 Å². The molecule has 3 rings (SSSR count). The third-order valence-electron chi connectivity index (χ3n) is 6.10. The number of cyclic esters (lactones) is 1. The van der Waals surface area contributed by atoms with Gasteiger partial charge in [0.2, 0.25) is 0 Å². The van der Waals surface area contributed by atoms with Crippen molar-refractivity contribution in [1.29, 1.82) is 0 Å². The number of phenols is 1. The van der Waals surface area contributed by atoms with E-state index >= 15 is 0 Å². The number of halogens is 1. The Morgan fingerprint density at radius 3 is 2.71 bits per heavy atom. The number of piperidine rings is 1. The Labute approximate surface area is 206 Å². The first-order valence-electron chi connectivity index (χ1n) is 11.8. The molecule has 0 unspecified atom stereocenters. The fraction of sp³-hybridized carbons (Fsp3) is 0.500. The summed E-state index contributed by atoms with van der Waals surface area (Å²) in [5.74, 6) is -0.0832. The molecule has 0 aliphatic carbocycles. The number of rotatable bonds is 3. The van der Waals surface area contributed by atoms with Gasteiger partial charge in [-0.15, -0.1) is 0 Å². The van der Waals surface area contributed by atoms with E-state index in [2.05, 4.69) is 12.1 Å². The number of fused-ring (bicyclic) bond motifs is 1. The van der Waals surface area contributed by atoms with E-state index < -0.39 is 5.97 Å². The van der Waals surface area contributed by atoms with Gasteiger partial charge in [0.15, 0.2) is 6.61 Å². The predicted octanol–water partition coefficient (Wildman–Crippen LogP) is 4.98. The number of carbonyl (C=O) groups excluding carboxylic acids is 2. The minimum atomic E-state index is -0.501. The number of carbonyl (C=O) groups is 2. The standard InChI is InChI=1S/C26H33ClN2O5/c1-18-10-12-29(13-11-18)23(31)17-34-28-20-9-7-5-3-4-6-8-14-33-26(32)24-19(2)15-22(30)25(27)21(24)16-20/h4,6-7,9,15,18,30H,3,5,8,10-14,16-17H2,1-2H3/b6-4+,9-7+,28-20-. The largest absolute Gasteiger partial charge is 0.506 e. The summed E-state index contributed by atoms with van der Waals surface area (Å²) in [4.78, 5) is 32.6. The molecule has 8 heteroatoms. The molecule has 34 heavy (non-hydrogen) atoms. The summed E-state index contributed by atoms with van der Waals surface area (Å²) in [6.45, 7) is 5.48. The van der Waals surface area contributed by atoms with Crippen LogP contribution in [0.25, 0.3) is 0 Å². The van der Waals surface area contributed by atoms with Gasteiger partial charge in [-0.2, -0.15) is 0 Å². The molecule has 2 aliphatic rings. The summed E-state index contributed by atoms with van der Waals surface area (Å²) in [5, 5.41) is 14.6. The maximum atomic E-state index is 12.8. The van der Waals surface area contributed by atoms with Gasteiger partial charge in [0.05, 0.1) is 22.9 Å². The van der Waals surface area contributed by atoms with E-state index in [1.54, 1.807) is 17.9 Å². The second-order valence-corrected chi connectivity index (χ2v) is 9.23. The van der Waals surface area contributed by atoms with Crippen molar-refractivity contribution in [3.8, 4) is 5.75 Å². The highest BCUT2D eigenvalue weighted by Gasteiger charge is 2.23. The maximum absolute atomic E-state index is 12.8. The minimum absolute atomic E-state index is 0.0733. The average molecular weight is 489 g/mol. The van der Waals surface area contributed by atoms with Gasteiger partial charge in [0, 0.05) is 19.5 Å². The second-order valence-electron chi connectivity index (χ2n) is 8.85. The van der Waals surface area contributed by atoms with Gasteiger partial charge in [-0.1, -0.05) is 41.9 Å². The SMILES string of the molecule is Cc1cc(O)c(Cl)c2c1C(=O)OCC/C=C/CC/C=C/C(=N/OCC(=O)N1CCC(C)CC1)C2. The number of hydrogen-bond acceptors (Lipinski definition) is 6. The van der Waals surface area contributed by atoms with Crippen LogP contribution in [0.1, 0.15) is 60.5 Å². The quantitative estimate of drug-likeness (QED) is 0.368. The normalized spacial score (nSPS) is 21.3. The number of aryl methyl sites for hydroxylation is 1. The van der Waals surface area contributed by atoms with Crippen molar-refractivity contribution >= 4 is 29.2 Å². The average Bonchev–Trinajstić information content (AvgIpc) is 2.80. The molecule has 1 saturated heterocycles. The molecule has 7 nitrogen and oxygen atoms in total. The number of ether oxygens (including phenoxy) is 1. The van der Waals surface area contributed by atoms with Gasteiger partial charge in [-0.3, -0.25) is 4.79 Å². The van der Waals surface area contributed by atoms with Gasteiger partial charge >= 0.3 is 5.97 Å². The van der Waals surface area contributed by atoms with Crippen molar-refractivity contribution in [2.45, 2.75) is 52.4 Å². The highest BCUT2D eigenvalue weighted by Crippen LogP contribution is 2.33. The summed E-state index contributed by atoms with van der Waals surface area (Å²) in [7, 11) is 0. The molecule has 0 spiro atoms. The van der Waals surface area contributed by atoms with Crippen LogP contribution >= 0.6 is 11.6 Å². The molecule has 1 N–H and O–H groups in total. The summed E-state index contributed by atoms with van der Waals surface area (Å²) in [6.07, 6.45) is 12.2. The Bertz CT molecular complexity index is 978. The Morgan fingerprint density at radius 2 is 1.94 bits per heavy atom. The van der Waals surface area contributed by atoms with E-state index in [-0.39, 0.29) is 36.3 Å². The Morgan fingerprint density at radius 1 is 1.24 bits per heavy atom. The van der Waals surface area contributed by atoms with Crippen molar-refractivity contribution in [3.63, 3.8) is 0 Å². The number of nitrogens with zero attached hydrogens (tertiary/aromatic N) is 2. The summed E-state index contributed by atoms with van der Waals surface area (Å²) < 4.78 is 5.44. The van der Waals surface area contributed by atoms with Crippen molar-refractivity contribution in [2.75, 3.05) is 26.3 Å². The molecule has 184 valence electrons. The first kappa shape index (κ1) is 25.8. The molecule has 0 radical (unpaired) electrons. The lowest BCUT2D eigenvalue weighted by molar-refractivity contribution is -0.137. The van der Waals surface area contributed by atoms with Crippen molar-refractivity contribution < 1.29 is 24.3 Å². The number of amides is 1. The molecule has 0 aromatic heterocycles. The molecular formula is C26H33ClN2O5. The van der Waals surface area contributed by atoms with Crippen LogP contribution < -0.4 is 0 Å². The van der Waals surface area contributed by atoms with Crippen molar-refractivity contribution in [3.05, 3.63) is 52.1 Å². The number of phenolic OH excluding ortho intramolecular Hbond substituents is 1. The molecule has 1 aromatic rings. The first-order valence-corrected chi connectivity index (χ1v) is 12.2. The molecule has 0 bridgehead atoms. The lowest BCUT2D eigenvalue weighted by Crippen LogP contribution is -2.39. The van der Waals surface area contributed by atoms with Crippen LogP contribution in [0.2, 0.25) is 5.02 Å². The lowest BCUT2D eigenvalue weighted by atomic mass is 9.96. The molecule has 1 aromatic carbocycles. The minimum Gasteiger partial charge on any atom is -0.506 e. The van der Waals surface area contributed by atoms with Gasteiger partial charge in [-0.05, 0) is 68.2 Å². The first-order chi connectivity index (χ1) is 16.4. The van der Waals surface area contributed by atoms with E-state index in [4.69, 9.17) is 21.2 Å². The van der Waals surface area contributed by atoms with Crippen molar-refractivity contribution in [1.82, 2.24) is 4.90 Å². The van der Waals surface area contributed by atoms with E-state index in [9.17, 15) is 14.7 Å². The predicted molar refractivity (Wildman–Crippen MR) is 132 cm³/mol. The summed E-state index contributed by atoms with van der Waals surface area (Å²) >= 11 is 6.41. The smallest absolute Gasteiger partial charge is 0.338 e. The van der Waals surface area contributed by atoms with Gasteiger partial charge in [0.1, 0.15) is 5.75 Å². The Hall–Kier alpha value is -2.80. The monoisotopic (exact) mass is 488 g/mol. The van der Waals surface area contributed by atoms with Crippen molar-refractivity contribution in [2.24, 2.45) is 11.1 Å². The zero-order chi connectivity index (χ0) is 24.5. The van der Waals surface area contributed by atoms with E-state index in [1.165, 1.54) is 6.07 Å². The fourth-order valence-electron chi connectivity index (χ4n) is 4.05. The summed E-state index contributed by atoms with van der Waals surface area (Å²) in [5.41, 5.74) is 1.77. The Balaban J connectivity index is 1.83. The number of likely N-dealkylation sites (tertiary alicyclic amines) is 1. The van der Waals surface area contributed by atoms with Crippen LogP contribution in [0, 0.1) is 12.8 Å². The third-order valence-corrected chi connectivity index (χ3v) is 6.52. The molecular weight excluding hydrogens is 456 g/mol. The summed E-state index contributed by atoms with van der Waals surface area (Å²) in [6, 6.07) is 1.45. The van der Waals surface area contributed by atoms with Crippen LogP contribution in [0.15, 0.2) is 35.5 Å². The zero-order valence-electron chi connectivity index (χ0n) is 19.9. The number of benzene rings is 1. The molecule has 0 saturated carbocycles. The topological polar surface area (TPSA) is 88.4 Å². The van der Waals surface area contributed by atoms with Gasteiger partial charge in [0.25, 0.3) is 5.91 Å². The highest BCUT2D eigenvalue weighted by molar-refractivity contribution is 6.33. The number of esters is 1. The van der Waals surface area contributed by atoms with Crippen LogP contribution in [-0.4, -0.2) is 53.9 Å². The van der Waals surface area contributed by atoms with Crippen LogP contribution in [-0.2, 0) is 20.8 Å². The van der Waals surface area contributed by atoms with Crippen LogP contribution in [0.3, 0.4) is 0 Å². The van der Waals surface area contributed by atoms with Crippen LogP contribution in [0.4, 0.5) is 0 Å². The van der Waals surface area contributed by atoms with Gasteiger partial charge < -0.3 is 19.6 Å². The van der Waals surface area contributed by atoms with E-state index in [1.807, 2.05) is 18.2 Å². The molecule has 1 amide bonds. The Kier molecular flexibility index (Phi) is 9.57. The maximum Gasteiger partial charge on any atom is 0.338 e. The second kappa shape index (κ2) is 12.6. The molecule has 2 heterocycles.